The van der Waals surface area contributed by atoms with Crippen LogP contribution in [-0.2, 0) is 6.54 Å². The van der Waals surface area contributed by atoms with Gasteiger partial charge in [-0.15, -0.1) is 0 Å². The van der Waals surface area contributed by atoms with E-state index in [1.54, 1.807) is 14.2 Å². The van der Waals surface area contributed by atoms with Crippen LogP contribution in [0, 0.1) is 0 Å². The van der Waals surface area contributed by atoms with Crippen molar-refractivity contribution in [1.29, 1.82) is 0 Å². The van der Waals surface area contributed by atoms with E-state index >= 15 is 0 Å². The highest BCUT2D eigenvalue weighted by Gasteiger charge is 2.34. The summed E-state index contributed by atoms with van der Waals surface area (Å²) in [6.07, 6.45) is 4.92. The maximum Gasteiger partial charge on any atom is 0.161 e. The van der Waals surface area contributed by atoms with E-state index < -0.39 is 0 Å². The normalized spacial score (nSPS) is 23.8. The van der Waals surface area contributed by atoms with Crippen LogP contribution in [0.1, 0.15) is 53.9 Å². The summed E-state index contributed by atoms with van der Waals surface area (Å²) in [7, 11) is 5.64. The van der Waals surface area contributed by atoms with Crippen molar-refractivity contribution in [3.8, 4) is 11.5 Å². The van der Waals surface area contributed by atoms with E-state index in [0.29, 0.717) is 12.0 Å². The number of fused-ring (bicyclic) bond motifs is 3. The van der Waals surface area contributed by atoms with Crippen LogP contribution < -0.4 is 9.47 Å². The van der Waals surface area contributed by atoms with E-state index in [-0.39, 0.29) is 0 Å². The van der Waals surface area contributed by atoms with E-state index in [1.165, 1.54) is 47.9 Å². The summed E-state index contributed by atoms with van der Waals surface area (Å²) in [6.45, 7) is 5.61. The van der Waals surface area contributed by atoms with Gasteiger partial charge in [-0.25, -0.2) is 0 Å². The first-order valence-electron chi connectivity index (χ1n) is 12.0. The highest BCUT2D eigenvalue weighted by molar-refractivity contribution is 6.15. The monoisotopic (exact) mass is 433 g/mol. The van der Waals surface area contributed by atoms with Crippen LogP contribution in [0.4, 0.5) is 0 Å². The topological polar surface area (TPSA) is 37.3 Å². The molecule has 0 amide bonds. The van der Waals surface area contributed by atoms with Gasteiger partial charge in [-0.1, -0.05) is 37.1 Å². The average Bonchev–Trinajstić information content (AvgIpc) is 2.84. The van der Waals surface area contributed by atoms with E-state index in [1.807, 2.05) is 0 Å². The summed E-state index contributed by atoms with van der Waals surface area (Å²) in [5.41, 5.74) is 6.26. The molecule has 0 N–H and O–H groups in total. The Balaban J connectivity index is 1.45. The molecule has 0 unspecified atom stereocenters. The lowest BCUT2D eigenvalue weighted by Gasteiger charge is -2.36. The van der Waals surface area contributed by atoms with Gasteiger partial charge in [-0.05, 0) is 43.1 Å². The molecule has 5 nitrogen and oxygen atoms in total. The molecule has 0 radical (unpaired) electrons. The third-order valence-corrected chi connectivity index (χ3v) is 7.46. The predicted octanol–water partition coefficient (Wildman–Crippen LogP) is 4.33. The Bertz CT molecular complexity index is 977. The van der Waals surface area contributed by atoms with Crippen LogP contribution in [0.3, 0.4) is 0 Å². The molecule has 2 aromatic rings. The number of hydrogen-bond acceptors (Lipinski definition) is 5. The minimum Gasteiger partial charge on any atom is -0.493 e. The van der Waals surface area contributed by atoms with Gasteiger partial charge in [0.05, 0.1) is 26.0 Å². The molecule has 2 aromatic carbocycles. The zero-order chi connectivity index (χ0) is 22.1. The Morgan fingerprint density at radius 1 is 0.906 bits per heavy atom. The first-order chi connectivity index (χ1) is 15.7. The van der Waals surface area contributed by atoms with Crippen molar-refractivity contribution in [1.82, 2.24) is 9.80 Å². The summed E-state index contributed by atoms with van der Waals surface area (Å²) in [5, 5.41) is 0. The first-order valence-corrected chi connectivity index (χ1v) is 12.0. The number of likely N-dealkylation sites (N-methyl/N-ethyl adjacent to an activating group) is 1. The second kappa shape index (κ2) is 9.24. The molecule has 0 aromatic heterocycles. The molecule has 5 rings (SSSR count). The van der Waals surface area contributed by atoms with Crippen LogP contribution in [0.15, 0.2) is 41.4 Å². The summed E-state index contributed by atoms with van der Waals surface area (Å²) in [6, 6.07) is 13.8. The largest absolute Gasteiger partial charge is 0.493 e. The molecule has 0 bridgehead atoms. The maximum absolute atomic E-state index is 5.64. The molecule has 2 aliphatic heterocycles. The molecule has 2 fully saturated rings. The van der Waals surface area contributed by atoms with Crippen molar-refractivity contribution in [3.05, 3.63) is 58.7 Å². The van der Waals surface area contributed by atoms with E-state index in [0.717, 1.165) is 49.9 Å². The molecule has 1 aliphatic carbocycles. The molecule has 170 valence electrons. The Morgan fingerprint density at radius 2 is 1.59 bits per heavy atom. The standard InChI is InChI=1S/C27H35N3O2/c1-29-12-14-30(15-13-29)18-19-8-10-20(11-9-19)27-23-17-26(32-3)25(31-2)16-22(23)21-6-4-5-7-24(21)28-27/h8-11,16-17,21,24H,4-7,12-15,18H2,1-3H3/t21-,24-/m0/s1. The molecule has 2 atom stereocenters. The van der Waals surface area contributed by atoms with E-state index in [9.17, 15) is 0 Å². The molecule has 1 saturated heterocycles. The number of hydrogen-bond donors (Lipinski definition) is 0. The van der Waals surface area contributed by atoms with Gasteiger partial charge < -0.3 is 14.4 Å². The maximum atomic E-state index is 5.64. The fourth-order valence-electron chi connectivity index (χ4n) is 5.53. The van der Waals surface area contributed by atoms with Crippen molar-refractivity contribution >= 4 is 5.71 Å². The predicted molar refractivity (Wildman–Crippen MR) is 129 cm³/mol. The Hall–Kier alpha value is -2.37. The van der Waals surface area contributed by atoms with Gasteiger partial charge in [0, 0.05) is 49.8 Å². The van der Waals surface area contributed by atoms with Crippen molar-refractivity contribution in [2.24, 2.45) is 4.99 Å². The molecule has 5 heteroatoms. The minimum atomic E-state index is 0.370. The van der Waals surface area contributed by atoms with Crippen LogP contribution in [0.2, 0.25) is 0 Å². The summed E-state index contributed by atoms with van der Waals surface area (Å²) >= 11 is 0. The average molecular weight is 434 g/mol. The van der Waals surface area contributed by atoms with E-state index in [4.69, 9.17) is 14.5 Å². The van der Waals surface area contributed by atoms with E-state index in [2.05, 4.69) is 53.2 Å². The third kappa shape index (κ3) is 4.16. The first kappa shape index (κ1) is 21.5. The third-order valence-electron chi connectivity index (χ3n) is 7.46. The lowest BCUT2D eigenvalue weighted by atomic mass is 9.75. The van der Waals surface area contributed by atoms with Crippen LogP contribution in [0.25, 0.3) is 0 Å². The smallest absolute Gasteiger partial charge is 0.161 e. The van der Waals surface area contributed by atoms with Crippen molar-refractivity contribution in [3.63, 3.8) is 0 Å². The molecule has 3 aliphatic rings. The van der Waals surface area contributed by atoms with Gasteiger partial charge >= 0.3 is 0 Å². The number of methoxy groups -OCH3 is 2. The lowest BCUT2D eigenvalue weighted by Crippen LogP contribution is -2.43. The number of benzene rings is 2. The lowest BCUT2D eigenvalue weighted by molar-refractivity contribution is 0.148. The number of rotatable bonds is 5. The van der Waals surface area contributed by atoms with Crippen molar-refractivity contribution < 1.29 is 9.47 Å². The Labute approximate surface area is 192 Å². The van der Waals surface area contributed by atoms with Gasteiger partial charge in [0.25, 0.3) is 0 Å². The van der Waals surface area contributed by atoms with Crippen molar-refractivity contribution in [2.75, 3.05) is 47.4 Å². The second-order valence-corrected chi connectivity index (χ2v) is 9.51. The molecular weight excluding hydrogens is 398 g/mol. The molecule has 32 heavy (non-hydrogen) atoms. The number of nitrogens with zero attached hydrogens (tertiary/aromatic N) is 3. The summed E-state index contributed by atoms with van der Waals surface area (Å²) in [4.78, 5) is 10.3. The fourth-order valence-corrected chi connectivity index (χ4v) is 5.53. The highest BCUT2D eigenvalue weighted by Crippen LogP contribution is 2.44. The number of aliphatic imine (C=N–C) groups is 1. The quantitative estimate of drug-likeness (QED) is 0.703. The summed E-state index contributed by atoms with van der Waals surface area (Å²) in [5.74, 6) is 2.08. The molecule has 2 heterocycles. The minimum absolute atomic E-state index is 0.370. The van der Waals surface area contributed by atoms with Gasteiger partial charge in [-0.3, -0.25) is 9.89 Å². The molecule has 0 spiro atoms. The number of ether oxygens (including phenoxy) is 2. The Kier molecular flexibility index (Phi) is 6.20. The highest BCUT2D eigenvalue weighted by atomic mass is 16.5. The zero-order valence-corrected chi connectivity index (χ0v) is 19.6. The second-order valence-electron chi connectivity index (χ2n) is 9.51. The van der Waals surface area contributed by atoms with Gasteiger partial charge in [0.15, 0.2) is 11.5 Å². The molecule has 1 saturated carbocycles. The molecular formula is C27H35N3O2. The van der Waals surface area contributed by atoms with Crippen LogP contribution in [0.5, 0.6) is 11.5 Å². The Morgan fingerprint density at radius 3 is 2.31 bits per heavy atom. The van der Waals surface area contributed by atoms with Crippen molar-refractivity contribution in [2.45, 2.75) is 44.2 Å². The van der Waals surface area contributed by atoms with Crippen LogP contribution in [-0.4, -0.2) is 69.0 Å². The van der Waals surface area contributed by atoms with Gasteiger partial charge in [-0.2, -0.15) is 0 Å². The van der Waals surface area contributed by atoms with Crippen LogP contribution >= 0.6 is 0 Å². The zero-order valence-electron chi connectivity index (χ0n) is 19.6. The summed E-state index contributed by atoms with van der Waals surface area (Å²) < 4.78 is 11.3. The fraction of sp³-hybridized carbons (Fsp3) is 0.519. The van der Waals surface area contributed by atoms with Gasteiger partial charge in [0.1, 0.15) is 0 Å². The number of piperazine rings is 1. The SMILES string of the molecule is COc1cc2c(cc1OC)[C@@H]1CCCC[C@@H]1N=C2c1ccc(CN2CCN(C)CC2)cc1. The van der Waals surface area contributed by atoms with Gasteiger partial charge in [0.2, 0.25) is 0 Å².